The number of aromatic nitrogens is 2. The van der Waals surface area contributed by atoms with Crippen molar-refractivity contribution in [1.29, 1.82) is 0 Å². The molecule has 11 rings (SSSR count). The van der Waals surface area contributed by atoms with Gasteiger partial charge in [-0.3, -0.25) is 0 Å². The Morgan fingerprint density at radius 3 is 1.96 bits per heavy atom. The Morgan fingerprint density at radius 1 is 0.426 bits per heavy atom. The third-order valence-corrected chi connectivity index (χ3v) is 12.7. The first-order chi connectivity index (χ1) is 26.5. The normalized spacial score (nSPS) is 13.1. The van der Waals surface area contributed by atoms with Crippen molar-refractivity contribution in [3.8, 4) is 56.0 Å². The highest BCUT2D eigenvalue weighted by Crippen LogP contribution is 2.51. The monoisotopic (exact) mass is 706 g/mol. The van der Waals surface area contributed by atoms with Gasteiger partial charge in [0.05, 0.1) is 11.2 Å². The summed E-state index contributed by atoms with van der Waals surface area (Å²) in [6.07, 6.45) is 0. The third kappa shape index (κ3) is 4.65. The summed E-state index contributed by atoms with van der Waals surface area (Å²) in [5, 5.41) is 6.23. The van der Waals surface area contributed by atoms with Gasteiger partial charge in [0.1, 0.15) is 0 Å². The number of thiophene rings is 1. The van der Waals surface area contributed by atoms with E-state index in [4.69, 9.17) is 9.97 Å². The molecule has 0 atom stereocenters. The highest BCUT2D eigenvalue weighted by atomic mass is 32.1. The first-order valence-corrected chi connectivity index (χ1v) is 19.4. The van der Waals surface area contributed by atoms with Gasteiger partial charge in [-0.25, -0.2) is 9.97 Å². The summed E-state index contributed by atoms with van der Waals surface area (Å²) in [6.45, 7) is 4.73. The Balaban J connectivity index is 1.05. The van der Waals surface area contributed by atoms with E-state index in [1.54, 1.807) is 0 Å². The second kappa shape index (κ2) is 11.8. The maximum absolute atomic E-state index is 5.26. The van der Waals surface area contributed by atoms with Crippen molar-refractivity contribution in [3.05, 3.63) is 181 Å². The van der Waals surface area contributed by atoms with Crippen LogP contribution in [0.25, 0.3) is 97.9 Å². The number of para-hydroxylation sites is 1. The van der Waals surface area contributed by atoms with Gasteiger partial charge in [0.2, 0.25) is 0 Å². The number of fused-ring (bicyclic) bond motifs is 6. The van der Waals surface area contributed by atoms with Gasteiger partial charge >= 0.3 is 0 Å². The molecule has 0 saturated carbocycles. The smallest absolute Gasteiger partial charge is 0.160 e. The quantitative estimate of drug-likeness (QED) is 0.182. The molecule has 3 heteroatoms. The molecule has 0 fully saturated rings. The van der Waals surface area contributed by atoms with E-state index in [9.17, 15) is 0 Å². The summed E-state index contributed by atoms with van der Waals surface area (Å²) < 4.78 is 2.57. The van der Waals surface area contributed by atoms with Crippen LogP contribution in [0.2, 0.25) is 0 Å². The highest BCUT2D eigenvalue weighted by molar-refractivity contribution is 7.26. The molecular formula is C51H34N2S. The van der Waals surface area contributed by atoms with Crippen LogP contribution in [0.1, 0.15) is 25.0 Å². The zero-order valence-corrected chi connectivity index (χ0v) is 30.8. The maximum atomic E-state index is 5.26. The van der Waals surface area contributed by atoms with Crippen molar-refractivity contribution in [2.75, 3.05) is 0 Å². The third-order valence-electron chi connectivity index (χ3n) is 11.5. The number of hydrogen-bond acceptors (Lipinski definition) is 3. The van der Waals surface area contributed by atoms with Gasteiger partial charge in [-0.05, 0) is 74.0 Å². The van der Waals surface area contributed by atoms with Crippen LogP contribution < -0.4 is 0 Å². The summed E-state index contributed by atoms with van der Waals surface area (Å²) in [6, 6.07) is 61.6. The van der Waals surface area contributed by atoms with E-state index in [-0.39, 0.29) is 5.41 Å². The van der Waals surface area contributed by atoms with E-state index in [1.165, 1.54) is 75.5 Å². The van der Waals surface area contributed by atoms with Gasteiger partial charge in [0, 0.05) is 47.7 Å². The summed E-state index contributed by atoms with van der Waals surface area (Å²) in [5.74, 6) is 0.736. The van der Waals surface area contributed by atoms with Crippen molar-refractivity contribution in [2.24, 2.45) is 0 Å². The Morgan fingerprint density at radius 2 is 1.07 bits per heavy atom. The van der Waals surface area contributed by atoms with Crippen molar-refractivity contribution in [2.45, 2.75) is 19.3 Å². The van der Waals surface area contributed by atoms with E-state index < -0.39 is 0 Å². The van der Waals surface area contributed by atoms with E-state index in [0.717, 1.165) is 33.5 Å². The zero-order valence-electron chi connectivity index (χ0n) is 30.0. The molecule has 1 aliphatic rings. The molecule has 10 aromatic rings. The van der Waals surface area contributed by atoms with Crippen molar-refractivity contribution in [1.82, 2.24) is 9.97 Å². The molecule has 8 aromatic carbocycles. The molecule has 2 nitrogen and oxygen atoms in total. The van der Waals surface area contributed by atoms with E-state index in [2.05, 4.69) is 184 Å². The molecule has 0 radical (unpaired) electrons. The second-order valence-corrected chi connectivity index (χ2v) is 16.0. The fourth-order valence-electron chi connectivity index (χ4n) is 8.82. The van der Waals surface area contributed by atoms with Gasteiger partial charge < -0.3 is 0 Å². The molecule has 0 aliphatic heterocycles. The molecule has 1 aliphatic carbocycles. The molecular weight excluding hydrogens is 673 g/mol. The minimum absolute atomic E-state index is 0.0853. The first kappa shape index (κ1) is 31.1. The number of rotatable bonds is 4. The molecule has 2 aromatic heterocycles. The summed E-state index contributed by atoms with van der Waals surface area (Å²) >= 11 is 1.87. The van der Waals surface area contributed by atoms with Gasteiger partial charge in [-0.15, -0.1) is 11.3 Å². The van der Waals surface area contributed by atoms with Gasteiger partial charge in [-0.2, -0.15) is 0 Å². The summed E-state index contributed by atoms with van der Waals surface area (Å²) in [4.78, 5) is 10.4. The predicted octanol–water partition coefficient (Wildman–Crippen LogP) is 14.1. The largest absolute Gasteiger partial charge is 0.228 e. The zero-order chi connectivity index (χ0) is 36.0. The Hall–Kier alpha value is -6.42. The van der Waals surface area contributed by atoms with Crippen LogP contribution in [0.3, 0.4) is 0 Å². The average molecular weight is 707 g/mol. The molecule has 254 valence electrons. The van der Waals surface area contributed by atoms with Crippen LogP contribution in [-0.4, -0.2) is 9.97 Å². The average Bonchev–Trinajstić information content (AvgIpc) is 3.61. The lowest BCUT2D eigenvalue weighted by Gasteiger charge is -2.35. The molecule has 54 heavy (non-hydrogen) atoms. The number of nitrogens with zero attached hydrogens (tertiary/aromatic N) is 2. The van der Waals surface area contributed by atoms with Crippen LogP contribution >= 0.6 is 11.3 Å². The fourth-order valence-corrected chi connectivity index (χ4v) is 10.0. The van der Waals surface area contributed by atoms with Crippen LogP contribution in [-0.2, 0) is 5.41 Å². The maximum Gasteiger partial charge on any atom is 0.160 e. The van der Waals surface area contributed by atoms with Gasteiger partial charge in [0.15, 0.2) is 5.82 Å². The standard InChI is InChI=1S/C51H34N2S/c1-51(2)43-19-8-6-14-36(43)38-28-27-35(37-16-11-20-44(51)47(37)38)39-17-10-18-40-42-30-34(26-29-46(42)54-49(39)40)50-52-45-21-9-7-15-41(45)48(53-50)33-24-22-32(23-25-33)31-12-4-3-5-13-31/h3-30H,1-2H3. The Labute approximate surface area is 318 Å². The topological polar surface area (TPSA) is 25.8 Å². The van der Waals surface area contributed by atoms with Crippen LogP contribution in [0, 0.1) is 0 Å². The lowest BCUT2D eigenvalue weighted by molar-refractivity contribution is 0.645. The Kier molecular flexibility index (Phi) is 6.80. The second-order valence-electron chi connectivity index (χ2n) is 14.9. The van der Waals surface area contributed by atoms with Crippen LogP contribution in [0.15, 0.2) is 170 Å². The predicted molar refractivity (Wildman–Crippen MR) is 229 cm³/mol. The van der Waals surface area contributed by atoms with Gasteiger partial charge in [0.25, 0.3) is 0 Å². The van der Waals surface area contributed by atoms with E-state index in [0.29, 0.717) is 0 Å². The highest BCUT2D eigenvalue weighted by Gasteiger charge is 2.33. The molecule has 0 saturated heterocycles. The Bertz CT molecular complexity index is 3120. The lowest BCUT2D eigenvalue weighted by atomic mass is 9.68. The first-order valence-electron chi connectivity index (χ1n) is 18.6. The van der Waals surface area contributed by atoms with E-state index >= 15 is 0 Å². The van der Waals surface area contributed by atoms with Crippen molar-refractivity contribution >= 4 is 53.2 Å². The van der Waals surface area contributed by atoms with Crippen LogP contribution in [0.4, 0.5) is 0 Å². The SMILES string of the molecule is CC1(C)c2ccccc2-c2ccc(-c3cccc4c3sc3ccc(-c5nc(-c6ccc(-c7ccccc7)cc6)c6ccccc6n5)cc34)c3cccc1c23. The number of benzene rings is 8. The van der Waals surface area contributed by atoms with Gasteiger partial charge in [-0.1, -0.05) is 159 Å². The van der Waals surface area contributed by atoms with Crippen molar-refractivity contribution < 1.29 is 0 Å². The minimum atomic E-state index is -0.0853. The summed E-state index contributed by atoms with van der Waals surface area (Å²) in [7, 11) is 0. The number of hydrogen-bond donors (Lipinski definition) is 0. The minimum Gasteiger partial charge on any atom is -0.228 e. The van der Waals surface area contributed by atoms with Crippen LogP contribution in [0.5, 0.6) is 0 Å². The van der Waals surface area contributed by atoms with E-state index in [1.807, 2.05) is 11.3 Å². The molecule has 0 spiro atoms. The van der Waals surface area contributed by atoms with Crippen molar-refractivity contribution in [3.63, 3.8) is 0 Å². The molecule has 0 amide bonds. The molecule has 2 heterocycles. The molecule has 0 N–H and O–H groups in total. The molecule has 0 bridgehead atoms. The summed E-state index contributed by atoms with van der Waals surface area (Å²) in [5.41, 5.74) is 14.3. The lowest BCUT2D eigenvalue weighted by Crippen LogP contribution is -2.23. The fraction of sp³-hybridized carbons (Fsp3) is 0.0588. The molecule has 0 unspecified atom stereocenters.